The summed E-state index contributed by atoms with van der Waals surface area (Å²) in [5, 5.41) is 11.3. The van der Waals surface area contributed by atoms with Crippen LogP contribution in [0.2, 0.25) is 0 Å². The Kier molecular flexibility index (Phi) is 2.95. The monoisotopic (exact) mass is 269 g/mol. The molecule has 15 heavy (non-hydrogen) atoms. The topological polar surface area (TPSA) is 49.3 Å². The molecule has 1 aliphatic rings. The molecule has 1 aromatic rings. The Morgan fingerprint density at radius 1 is 1.40 bits per heavy atom. The predicted molar refractivity (Wildman–Crippen MR) is 60.8 cm³/mol. The van der Waals surface area contributed by atoms with E-state index in [9.17, 15) is 4.79 Å². The molecule has 1 saturated carbocycles. The molecule has 1 atom stereocenters. The minimum absolute atomic E-state index is 0.0457. The van der Waals surface area contributed by atoms with Gasteiger partial charge in [-0.25, -0.2) is 4.79 Å². The largest absolute Gasteiger partial charge is 0.465 e. The highest BCUT2D eigenvalue weighted by Crippen LogP contribution is 2.41. The van der Waals surface area contributed by atoms with Crippen LogP contribution in [-0.4, -0.2) is 11.2 Å². The smallest absolute Gasteiger partial charge is 0.405 e. The summed E-state index contributed by atoms with van der Waals surface area (Å²) in [4.78, 5) is 10.7. The Morgan fingerprint density at radius 3 is 2.47 bits per heavy atom. The molecular weight excluding hydrogens is 258 g/mol. The third-order valence-corrected chi connectivity index (χ3v) is 3.13. The first-order valence-corrected chi connectivity index (χ1v) is 5.71. The SMILES string of the molecule is O=C(O)NC(c1ccc(Br)cc1)C1CC1. The molecule has 0 radical (unpaired) electrons. The maximum Gasteiger partial charge on any atom is 0.405 e. The molecule has 0 aromatic heterocycles. The molecule has 0 aliphatic heterocycles. The Balaban J connectivity index is 2.16. The number of carbonyl (C=O) groups is 1. The fourth-order valence-electron chi connectivity index (χ4n) is 1.71. The third-order valence-electron chi connectivity index (χ3n) is 2.60. The zero-order valence-corrected chi connectivity index (χ0v) is 9.70. The number of amides is 1. The number of hydrogen-bond acceptors (Lipinski definition) is 1. The van der Waals surface area contributed by atoms with E-state index >= 15 is 0 Å². The van der Waals surface area contributed by atoms with Crippen LogP contribution in [-0.2, 0) is 0 Å². The lowest BCUT2D eigenvalue weighted by Gasteiger charge is -2.16. The van der Waals surface area contributed by atoms with Crippen LogP contribution < -0.4 is 5.32 Å². The quantitative estimate of drug-likeness (QED) is 0.886. The van der Waals surface area contributed by atoms with Gasteiger partial charge in [0.05, 0.1) is 6.04 Å². The lowest BCUT2D eigenvalue weighted by atomic mass is 10.0. The van der Waals surface area contributed by atoms with E-state index in [0.29, 0.717) is 5.92 Å². The van der Waals surface area contributed by atoms with E-state index in [1.54, 1.807) is 0 Å². The summed E-state index contributed by atoms with van der Waals surface area (Å²) in [7, 11) is 0. The highest BCUT2D eigenvalue weighted by atomic mass is 79.9. The molecule has 1 fully saturated rings. The predicted octanol–water partition coefficient (Wildman–Crippen LogP) is 3.17. The van der Waals surface area contributed by atoms with Crippen LogP contribution in [0.5, 0.6) is 0 Å². The maximum atomic E-state index is 10.7. The van der Waals surface area contributed by atoms with Crippen LogP contribution in [0, 0.1) is 5.92 Å². The van der Waals surface area contributed by atoms with Gasteiger partial charge in [0, 0.05) is 4.47 Å². The molecule has 0 heterocycles. The number of carboxylic acid groups (broad SMARTS) is 1. The number of halogens is 1. The van der Waals surface area contributed by atoms with Crippen LogP contribution in [0.15, 0.2) is 28.7 Å². The number of hydrogen-bond donors (Lipinski definition) is 2. The van der Waals surface area contributed by atoms with E-state index < -0.39 is 6.09 Å². The number of rotatable bonds is 3. The van der Waals surface area contributed by atoms with Gasteiger partial charge in [-0.3, -0.25) is 0 Å². The average Bonchev–Trinajstić information content (AvgIpc) is 2.99. The van der Waals surface area contributed by atoms with Crippen LogP contribution in [0.1, 0.15) is 24.4 Å². The molecule has 0 spiro atoms. The minimum atomic E-state index is -0.949. The van der Waals surface area contributed by atoms with Crippen molar-refractivity contribution in [1.82, 2.24) is 5.32 Å². The van der Waals surface area contributed by atoms with E-state index in [4.69, 9.17) is 5.11 Å². The van der Waals surface area contributed by atoms with Crippen molar-refractivity contribution >= 4 is 22.0 Å². The van der Waals surface area contributed by atoms with Gasteiger partial charge in [0.15, 0.2) is 0 Å². The highest BCUT2D eigenvalue weighted by Gasteiger charge is 2.33. The van der Waals surface area contributed by atoms with Gasteiger partial charge in [-0.05, 0) is 36.5 Å². The summed E-state index contributed by atoms with van der Waals surface area (Å²) in [5.74, 6) is 0.474. The second-order valence-corrected chi connectivity index (χ2v) is 4.73. The average molecular weight is 270 g/mol. The van der Waals surface area contributed by atoms with E-state index in [-0.39, 0.29) is 6.04 Å². The first kappa shape index (κ1) is 10.5. The highest BCUT2D eigenvalue weighted by molar-refractivity contribution is 9.10. The fourth-order valence-corrected chi connectivity index (χ4v) is 1.97. The van der Waals surface area contributed by atoms with Crippen LogP contribution in [0.3, 0.4) is 0 Å². The molecule has 1 unspecified atom stereocenters. The van der Waals surface area contributed by atoms with Gasteiger partial charge in [0.2, 0.25) is 0 Å². The Hall–Kier alpha value is -1.03. The molecule has 2 N–H and O–H groups in total. The molecule has 2 rings (SSSR count). The maximum absolute atomic E-state index is 10.7. The van der Waals surface area contributed by atoms with Crippen molar-refractivity contribution in [3.05, 3.63) is 34.3 Å². The van der Waals surface area contributed by atoms with Crippen molar-refractivity contribution in [2.24, 2.45) is 5.92 Å². The second kappa shape index (κ2) is 4.23. The van der Waals surface area contributed by atoms with Crippen molar-refractivity contribution in [2.45, 2.75) is 18.9 Å². The van der Waals surface area contributed by atoms with E-state index in [1.807, 2.05) is 24.3 Å². The fraction of sp³-hybridized carbons (Fsp3) is 0.364. The van der Waals surface area contributed by atoms with Crippen LogP contribution in [0.4, 0.5) is 4.79 Å². The van der Waals surface area contributed by atoms with E-state index in [1.165, 1.54) is 0 Å². The van der Waals surface area contributed by atoms with E-state index in [0.717, 1.165) is 22.9 Å². The lowest BCUT2D eigenvalue weighted by Crippen LogP contribution is -2.28. The summed E-state index contributed by atoms with van der Waals surface area (Å²) < 4.78 is 1.01. The summed E-state index contributed by atoms with van der Waals surface area (Å²) in [5.41, 5.74) is 1.04. The van der Waals surface area contributed by atoms with Crippen molar-refractivity contribution < 1.29 is 9.90 Å². The summed E-state index contributed by atoms with van der Waals surface area (Å²) in [6.07, 6.45) is 1.27. The van der Waals surface area contributed by atoms with Crippen LogP contribution >= 0.6 is 15.9 Å². The summed E-state index contributed by atoms with van der Waals surface area (Å²) >= 11 is 3.36. The van der Waals surface area contributed by atoms with Gasteiger partial charge in [-0.15, -0.1) is 0 Å². The standard InChI is InChI=1S/C11H12BrNO2/c12-9-5-3-8(4-6-9)10(7-1-2-7)13-11(14)15/h3-7,10,13H,1-2H2,(H,14,15). The van der Waals surface area contributed by atoms with Crippen LogP contribution in [0.25, 0.3) is 0 Å². The van der Waals surface area contributed by atoms with Crippen molar-refractivity contribution in [3.8, 4) is 0 Å². The van der Waals surface area contributed by atoms with Gasteiger partial charge >= 0.3 is 6.09 Å². The van der Waals surface area contributed by atoms with Crippen molar-refractivity contribution in [3.63, 3.8) is 0 Å². The summed E-state index contributed by atoms with van der Waals surface area (Å²) in [6, 6.07) is 7.75. The number of benzene rings is 1. The molecule has 1 aromatic carbocycles. The summed E-state index contributed by atoms with van der Waals surface area (Å²) in [6.45, 7) is 0. The Bertz CT molecular complexity index is 359. The van der Waals surface area contributed by atoms with Gasteiger partial charge in [-0.1, -0.05) is 28.1 Å². The molecule has 0 bridgehead atoms. The first-order valence-electron chi connectivity index (χ1n) is 4.92. The number of nitrogens with one attached hydrogen (secondary N) is 1. The molecule has 80 valence electrons. The Labute approximate surface area is 96.6 Å². The van der Waals surface area contributed by atoms with E-state index in [2.05, 4.69) is 21.2 Å². The van der Waals surface area contributed by atoms with Gasteiger partial charge < -0.3 is 10.4 Å². The van der Waals surface area contributed by atoms with Crippen molar-refractivity contribution in [2.75, 3.05) is 0 Å². The molecule has 4 heteroatoms. The van der Waals surface area contributed by atoms with Gasteiger partial charge in [0.1, 0.15) is 0 Å². The zero-order chi connectivity index (χ0) is 10.8. The normalized spacial score (nSPS) is 17.1. The molecule has 1 aliphatic carbocycles. The molecule has 0 saturated heterocycles. The molecular formula is C11H12BrNO2. The van der Waals surface area contributed by atoms with Gasteiger partial charge in [-0.2, -0.15) is 0 Å². The Morgan fingerprint density at radius 2 is 2.00 bits per heavy atom. The zero-order valence-electron chi connectivity index (χ0n) is 8.11. The first-order chi connectivity index (χ1) is 7.16. The third kappa shape index (κ3) is 2.72. The molecule has 3 nitrogen and oxygen atoms in total. The second-order valence-electron chi connectivity index (χ2n) is 3.82. The van der Waals surface area contributed by atoms with Crippen molar-refractivity contribution in [1.29, 1.82) is 0 Å². The molecule has 1 amide bonds. The minimum Gasteiger partial charge on any atom is -0.465 e. The lowest BCUT2D eigenvalue weighted by molar-refractivity contribution is 0.188. The van der Waals surface area contributed by atoms with Gasteiger partial charge in [0.25, 0.3) is 0 Å².